The Morgan fingerprint density at radius 3 is 2.82 bits per heavy atom. The summed E-state index contributed by atoms with van der Waals surface area (Å²) in [6.45, 7) is 0. The summed E-state index contributed by atoms with van der Waals surface area (Å²) < 4.78 is 0.570. The molecule has 0 aromatic heterocycles. The zero-order valence-electron chi connectivity index (χ0n) is 5.41. The summed E-state index contributed by atoms with van der Waals surface area (Å²) in [5.41, 5.74) is 0.456. The standard InChI is InChI=1S/C7H4BrNO2/c8-6-3-5(11)1-2-7(6)9-4-10/h1-3,11H. The van der Waals surface area contributed by atoms with Crippen LogP contribution >= 0.6 is 15.9 Å². The van der Waals surface area contributed by atoms with Crippen LogP contribution in [0, 0.1) is 0 Å². The number of hydrogen-bond acceptors (Lipinski definition) is 3. The Labute approximate surface area is 71.5 Å². The second-order valence-electron chi connectivity index (χ2n) is 1.84. The van der Waals surface area contributed by atoms with Gasteiger partial charge in [0.25, 0.3) is 0 Å². The minimum atomic E-state index is 0.127. The van der Waals surface area contributed by atoms with Crippen molar-refractivity contribution >= 4 is 27.7 Å². The van der Waals surface area contributed by atoms with E-state index in [0.717, 1.165) is 0 Å². The average molecular weight is 214 g/mol. The van der Waals surface area contributed by atoms with Gasteiger partial charge in [-0.1, -0.05) is 0 Å². The minimum Gasteiger partial charge on any atom is -0.508 e. The van der Waals surface area contributed by atoms with Crippen molar-refractivity contribution in [3.8, 4) is 5.75 Å². The number of halogens is 1. The predicted octanol–water partition coefficient (Wildman–Crippen LogP) is 2.12. The third kappa shape index (κ3) is 1.90. The first-order chi connectivity index (χ1) is 5.24. The molecule has 0 aliphatic heterocycles. The maximum absolute atomic E-state index is 9.84. The molecule has 0 amide bonds. The minimum absolute atomic E-state index is 0.127. The first-order valence-corrected chi connectivity index (χ1v) is 3.59. The van der Waals surface area contributed by atoms with Crippen molar-refractivity contribution in [3.05, 3.63) is 22.7 Å². The zero-order valence-corrected chi connectivity index (χ0v) is 7.00. The molecule has 1 aromatic rings. The summed E-state index contributed by atoms with van der Waals surface area (Å²) in [5, 5.41) is 8.94. The summed E-state index contributed by atoms with van der Waals surface area (Å²) in [6.07, 6.45) is 1.41. The Balaban J connectivity index is 3.19. The first kappa shape index (κ1) is 7.98. The highest BCUT2D eigenvalue weighted by Crippen LogP contribution is 2.28. The lowest BCUT2D eigenvalue weighted by molar-refractivity contribution is 0.475. The summed E-state index contributed by atoms with van der Waals surface area (Å²) in [5.74, 6) is 0.127. The lowest BCUT2D eigenvalue weighted by Crippen LogP contribution is -1.68. The van der Waals surface area contributed by atoms with Crippen molar-refractivity contribution in [2.24, 2.45) is 4.99 Å². The molecule has 0 atom stereocenters. The number of isocyanates is 1. The number of benzene rings is 1. The first-order valence-electron chi connectivity index (χ1n) is 2.80. The fourth-order valence-electron chi connectivity index (χ4n) is 0.636. The van der Waals surface area contributed by atoms with Crippen molar-refractivity contribution in [3.63, 3.8) is 0 Å². The zero-order chi connectivity index (χ0) is 8.27. The van der Waals surface area contributed by atoms with E-state index in [2.05, 4.69) is 20.9 Å². The second-order valence-corrected chi connectivity index (χ2v) is 2.69. The summed E-state index contributed by atoms with van der Waals surface area (Å²) in [6, 6.07) is 4.42. The molecular formula is C7H4BrNO2. The van der Waals surface area contributed by atoms with Gasteiger partial charge in [-0.2, -0.15) is 4.99 Å². The van der Waals surface area contributed by atoms with Crippen LogP contribution in [0.2, 0.25) is 0 Å². The summed E-state index contributed by atoms with van der Waals surface area (Å²) >= 11 is 3.12. The van der Waals surface area contributed by atoms with Gasteiger partial charge >= 0.3 is 0 Å². The van der Waals surface area contributed by atoms with Gasteiger partial charge in [-0.25, -0.2) is 4.79 Å². The van der Waals surface area contributed by atoms with E-state index in [0.29, 0.717) is 10.2 Å². The van der Waals surface area contributed by atoms with Gasteiger partial charge in [0.05, 0.1) is 5.69 Å². The SMILES string of the molecule is O=C=Nc1ccc(O)cc1Br. The maximum atomic E-state index is 9.84. The Morgan fingerprint density at radius 2 is 2.27 bits per heavy atom. The topological polar surface area (TPSA) is 49.7 Å². The number of phenolic OH excluding ortho intramolecular Hbond substituents is 1. The van der Waals surface area contributed by atoms with E-state index in [1.54, 1.807) is 0 Å². The van der Waals surface area contributed by atoms with Crippen LogP contribution in [0.3, 0.4) is 0 Å². The number of aliphatic imine (C=N–C) groups is 1. The van der Waals surface area contributed by atoms with Crippen LogP contribution in [0.25, 0.3) is 0 Å². The molecular weight excluding hydrogens is 210 g/mol. The van der Waals surface area contributed by atoms with Gasteiger partial charge in [-0.15, -0.1) is 0 Å². The van der Waals surface area contributed by atoms with Crippen molar-refractivity contribution in [1.29, 1.82) is 0 Å². The molecule has 0 saturated heterocycles. The Kier molecular flexibility index (Phi) is 2.41. The Hall–Kier alpha value is -1.12. The Morgan fingerprint density at radius 1 is 1.55 bits per heavy atom. The summed E-state index contributed by atoms with van der Waals surface area (Å²) in [4.78, 5) is 13.2. The Bertz CT molecular complexity index is 318. The molecule has 4 heteroatoms. The van der Waals surface area contributed by atoms with Gasteiger partial charge in [0.1, 0.15) is 5.75 Å². The van der Waals surface area contributed by atoms with Crippen molar-refractivity contribution < 1.29 is 9.90 Å². The fourth-order valence-corrected chi connectivity index (χ4v) is 1.09. The molecule has 0 saturated carbocycles. The van der Waals surface area contributed by atoms with Crippen LogP contribution in [-0.2, 0) is 4.79 Å². The van der Waals surface area contributed by atoms with Gasteiger partial charge in [0.2, 0.25) is 6.08 Å². The highest BCUT2D eigenvalue weighted by molar-refractivity contribution is 9.10. The molecule has 0 heterocycles. The normalized spacial score (nSPS) is 8.82. The van der Waals surface area contributed by atoms with E-state index in [1.807, 2.05) is 0 Å². The van der Waals surface area contributed by atoms with E-state index < -0.39 is 0 Å². The lowest BCUT2D eigenvalue weighted by Gasteiger charge is -1.95. The molecule has 0 aliphatic carbocycles. The highest BCUT2D eigenvalue weighted by Gasteiger charge is 1.97. The van der Waals surface area contributed by atoms with Gasteiger partial charge < -0.3 is 5.11 Å². The van der Waals surface area contributed by atoms with Crippen molar-refractivity contribution in [2.75, 3.05) is 0 Å². The highest BCUT2D eigenvalue weighted by atomic mass is 79.9. The molecule has 11 heavy (non-hydrogen) atoms. The van der Waals surface area contributed by atoms with Crippen LogP contribution < -0.4 is 0 Å². The van der Waals surface area contributed by atoms with Crippen LogP contribution in [0.1, 0.15) is 0 Å². The quantitative estimate of drug-likeness (QED) is 0.574. The molecule has 1 N–H and O–H groups in total. The van der Waals surface area contributed by atoms with Crippen LogP contribution in [0.4, 0.5) is 5.69 Å². The third-order valence-electron chi connectivity index (χ3n) is 1.10. The lowest BCUT2D eigenvalue weighted by atomic mass is 10.3. The molecule has 3 nitrogen and oxygen atoms in total. The van der Waals surface area contributed by atoms with E-state index in [-0.39, 0.29) is 5.75 Å². The van der Waals surface area contributed by atoms with Gasteiger partial charge in [-0.3, -0.25) is 0 Å². The molecule has 1 aromatic carbocycles. The third-order valence-corrected chi connectivity index (χ3v) is 1.73. The van der Waals surface area contributed by atoms with Gasteiger partial charge in [-0.05, 0) is 34.1 Å². The van der Waals surface area contributed by atoms with E-state index >= 15 is 0 Å². The molecule has 0 radical (unpaired) electrons. The second kappa shape index (κ2) is 3.32. The largest absolute Gasteiger partial charge is 0.508 e. The van der Waals surface area contributed by atoms with Crippen LogP contribution in [0.5, 0.6) is 5.75 Å². The van der Waals surface area contributed by atoms with Gasteiger partial charge in [0, 0.05) is 4.47 Å². The maximum Gasteiger partial charge on any atom is 0.240 e. The molecule has 0 spiro atoms. The molecule has 0 fully saturated rings. The molecule has 0 aliphatic rings. The van der Waals surface area contributed by atoms with E-state index in [4.69, 9.17) is 5.11 Å². The van der Waals surface area contributed by atoms with Gasteiger partial charge in [0.15, 0.2) is 0 Å². The number of phenols is 1. The van der Waals surface area contributed by atoms with Crippen LogP contribution in [0.15, 0.2) is 27.7 Å². The molecule has 0 bridgehead atoms. The molecule has 1 rings (SSSR count). The molecule has 56 valence electrons. The fraction of sp³-hybridized carbons (Fsp3) is 0. The average Bonchev–Trinajstić information content (AvgIpc) is 1.95. The number of nitrogens with zero attached hydrogens (tertiary/aromatic N) is 1. The number of aromatic hydroxyl groups is 1. The number of hydrogen-bond donors (Lipinski definition) is 1. The smallest absolute Gasteiger partial charge is 0.240 e. The predicted molar refractivity (Wildman–Crippen MR) is 43.6 cm³/mol. The van der Waals surface area contributed by atoms with Crippen molar-refractivity contribution in [2.45, 2.75) is 0 Å². The summed E-state index contributed by atoms with van der Waals surface area (Å²) in [7, 11) is 0. The van der Waals surface area contributed by atoms with E-state index in [9.17, 15) is 4.79 Å². The van der Waals surface area contributed by atoms with Crippen molar-refractivity contribution in [1.82, 2.24) is 0 Å². The van der Waals surface area contributed by atoms with E-state index in [1.165, 1.54) is 24.3 Å². The monoisotopic (exact) mass is 213 g/mol. The van der Waals surface area contributed by atoms with Crippen LogP contribution in [-0.4, -0.2) is 11.2 Å². The molecule has 0 unspecified atom stereocenters. The number of carbonyl (C=O) groups excluding carboxylic acids is 1. The number of rotatable bonds is 1.